The average Bonchev–Trinajstić information content (AvgIpc) is 2.73. The number of halogens is 1. The summed E-state index contributed by atoms with van der Waals surface area (Å²) in [5, 5.41) is 6.43. The quantitative estimate of drug-likeness (QED) is 0.740. The summed E-state index contributed by atoms with van der Waals surface area (Å²) in [6.07, 6.45) is 0. The van der Waals surface area contributed by atoms with Crippen LogP contribution in [0.2, 0.25) is 0 Å². The van der Waals surface area contributed by atoms with Crippen LogP contribution in [0.15, 0.2) is 48.5 Å². The lowest BCUT2D eigenvalue weighted by Crippen LogP contribution is -2.49. The van der Waals surface area contributed by atoms with Gasteiger partial charge in [0.2, 0.25) is 5.91 Å². The summed E-state index contributed by atoms with van der Waals surface area (Å²) in [5.41, 5.74) is 2.15. The number of carbonyl (C=O) groups is 1. The number of piperazine rings is 1. The van der Waals surface area contributed by atoms with Crippen molar-refractivity contribution in [2.75, 3.05) is 40.4 Å². The molecule has 2 N–H and O–H groups in total. The summed E-state index contributed by atoms with van der Waals surface area (Å²) in [6.45, 7) is 3.36. The maximum atomic E-state index is 12.5. The largest absolute Gasteiger partial charge is 0.497 e. The van der Waals surface area contributed by atoms with E-state index < -0.39 is 0 Å². The van der Waals surface area contributed by atoms with Crippen LogP contribution in [-0.4, -0.2) is 51.2 Å². The van der Waals surface area contributed by atoms with Crippen molar-refractivity contribution in [1.82, 2.24) is 15.5 Å². The van der Waals surface area contributed by atoms with Crippen LogP contribution in [0.5, 0.6) is 11.5 Å². The van der Waals surface area contributed by atoms with E-state index in [4.69, 9.17) is 9.47 Å². The number of nitrogens with one attached hydrogen (secondary N) is 2. The van der Waals surface area contributed by atoms with Gasteiger partial charge < -0.3 is 20.1 Å². The van der Waals surface area contributed by atoms with Gasteiger partial charge in [0.05, 0.1) is 26.8 Å². The molecular weight excluding hydrogens is 378 g/mol. The van der Waals surface area contributed by atoms with Gasteiger partial charge in [-0.1, -0.05) is 30.3 Å². The van der Waals surface area contributed by atoms with Crippen molar-refractivity contribution in [3.63, 3.8) is 0 Å². The van der Waals surface area contributed by atoms with Gasteiger partial charge in [-0.15, -0.1) is 12.4 Å². The smallest absolute Gasteiger partial charge is 0.234 e. The maximum absolute atomic E-state index is 12.5. The van der Waals surface area contributed by atoms with Gasteiger partial charge in [0.25, 0.3) is 0 Å². The summed E-state index contributed by atoms with van der Waals surface area (Å²) >= 11 is 0. The first kappa shape index (κ1) is 22.0. The molecule has 0 aliphatic carbocycles. The molecule has 1 aliphatic rings. The zero-order chi connectivity index (χ0) is 19.1. The van der Waals surface area contributed by atoms with Gasteiger partial charge in [0.1, 0.15) is 11.5 Å². The number of hydrogen-bond donors (Lipinski definition) is 2. The second-order valence-corrected chi connectivity index (χ2v) is 6.56. The van der Waals surface area contributed by atoms with Crippen molar-refractivity contribution in [1.29, 1.82) is 0 Å². The fourth-order valence-corrected chi connectivity index (χ4v) is 3.37. The molecule has 0 aromatic heterocycles. The van der Waals surface area contributed by atoms with E-state index in [9.17, 15) is 4.79 Å². The lowest BCUT2D eigenvalue weighted by molar-refractivity contribution is -0.123. The minimum absolute atomic E-state index is 0. The SMILES string of the molecule is COc1ccc(CNC(=O)CN2CCNCC2c2ccccc2OC)cc1.Cl. The lowest BCUT2D eigenvalue weighted by atomic mass is 10.0. The minimum Gasteiger partial charge on any atom is -0.497 e. The predicted octanol–water partition coefficient (Wildman–Crippen LogP) is 2.39. The summed E-state index contributed by atoms with van der Waals surface area (Å²) in [4.78, 5) is 14.7. The topological polar surface area (TPSA) is 62.8 Å². The van der Waals surface area contributed by atoms with Crippen LogP contribution in [0.25, 0.3) is 0 Å². The Morgan fingerprint density at radius 1 is 1.14 bits per heavy atom. The van der Waals surface area contributed by atoms with Crippen molar-refractivity contribution >= 4 is 18.3 Å². The molecule has 1 fully saturated rings. The number of rotatable bonds is 7. The van der Waals surface area contributed by atoms with E-state index in [1.54, 1.807) is 14.2 Å². The Balaban J connectivity index is 0.00000280. The Bertz CT molecular complexity index is 755. The van der Waals surface area contributed by atoms with Crippen molar-refractivity contribution in [2.24, 2.45) is 0 Å². The van der Waals surface area contributed by atoms with E-state index in [1.165, 1.54) is 0 Å². The third-order valence-electron chi connectivity index (χ3n) is 4.85. The predicted molar refractivity (Wildman–Crippen MR) is 112 cm³/mol. The third-order valence-corrected chi connectivity index (χ3v) is 4.85. The molecule has 1 unspecified atom stereocenters. The van der Waals surface area contributed by atoms with Crippen LogP contribution in [0, 0.1) is 0 Å². The van der Waals surface area contributed by atoms with E-state index >= 15 is 0 Å². The van der Waals surface area contributed by atoms with Gasteiger partial charge in [-0.3, -0.25) is 9.69 Å². The van der Waals surface area contributed by atoms with Gasteiger partial charge in [-0.2, -0.15) is 0 Å². The molecule has 0 bridgehead atoms. The number of nitrogens with zero attached hydrogens (tertiary/aromatic N) is 1. The normalized spacial score (nSPS) is 16.7. The number of methoxy groups -OCH3 is 2. The molecule has 7 heteroatoms. The summed E-state index contributed by atoms with van der Waals surface area (Å²) in [7, 11) is 3.32. The average molecular weight is 406 g/mol. The Hall–Kier alpha value is -2.28. The number of carbonyl (C=O) groups excluding carboxylic acids is 1. The molecule has 1 atom stereocenters. The lowest BCUT2D eigenvalue weighted by Gasteiger charge is -2.36. The monoisotopic (exact) mass is 405 g/mol. The van der Waals surface area contributed by atoms with Crippen LogP contribution in [0.4, 0.5) is 0 Å². The minimum atomic E-state index is 0. The van der Waals surface area contributed by atoms with Crippen LogP contribution < -0.4 is 20.1 Å². The first-order chi connectivity index (χ1) is 13.2. The van der Waals surface area contributed by atoms with Crippen LogP contribution in [-0.2, 0) is 11.3 Å². The Labute approximate surface area is 172 Å². The Morgan fingerprint density at radius 3 is 2.61 bits per heavy atom. The number of hydrogen-bond acceptors (Lipinski definition) is 5. The number of benzene rings is 2. The van der Waals surface area contributed by atoms with E-state index in [0.717, 1.165) is 42.3 Å². The van der Waals surface area contributed by atoms with Crippen molar-refractivity contribution in [3.8, 4) is 11.5 Å². The first-order valence-corrected chi connectivity index (χ1v) is 9.18. The van der Waals surface area contributed by atoms with Gasteiger partial charge in [-0.25, -0.2) is 0 Å². The van der Waals surface area contributed by atoms with Gasteiger partial charge >= 0.3 is 0 Å². The highest BCUT2D eigenvalue weighted by atomic mass is 35.5. The van der Waals surface area contributed by atoms with Crippen molar-refractivity contribution in [2.45, 2.75) is 12.6 Å². The standard InChI is InChI=1S/C21H27N3O3.ClH/c1-26-17-9-7-16(8-10-17)13-23-21(25)15-24-12-11-22-14-19(24)18-5-3-4-6-20(18)27-2;/h3-10,19,22H,11-15H2,1-2H3,(H,23,25);1H. The molecule has 28 heavy (non-hydrogen) atoms. The molecule has 3 rings (SSSR count). The van der Waals surface area contributed by atoms with Crippen molar-refractivity contribution < 1.29 is 14.3 Å². The van der Waals surface area contributed by atoms with E-state index in [-0.39, 0.29) is 24.4 Å². The van der Waals surface area contributed by atoms with Crippen molar-refractivity contribution in [3.05, 3.63) is 59.7 Å². The first-order valence-electron chi connectivity index (χ1n) is 9.18. The van der Waals surface area contributed by atoms with Crippen LogP contribution in [0.3, 0.4) is 0 Å². The molecule has 2 aromatic carbocycles. The molecule has 1 aliphatic heterocycles. The van der Waals surface area contributed by atoms with E-state index in [1.807, 2.05) is 42.5 Å². The highest BCUT2D eigenvalue weighted by Crippen LogP contribution is 2.29. The van der Waals surface area contributed by atoms with Gasteiger partial charge in [0, 0.05) is 31.7 Å². The summed E-state index contributed by atoms with van der Waals surface area (Å²) in [5.74, 6) is 1.69. The molecule has 1 saturated heterocycles. The molecule has 6 nitrogen and oxygen atoms in total. The zero-order valence-electron chi connectivity index (χ0n) is 16.3. The molecule has 152 valence electrons. The zero-order valence-corrected chi connectivity index (χ0v) is 17.1. The highest BCUT2D eigenvalue weighted by Gasteiger charge is 2.27. The number of ether oxygens (including phenoxy) is 2. The fourth-order valence-electron chi connectivity index (χ4n) is 3.37. The maximum Gasteiger partial charge on any atom is 0.234 e. The third kappa shape index (κ3) is 5.61. The molecule has 1 amide bonds. The van der Waals surface area contributed by atoms with Gasteiger partial charge in [-0.05, 0) is 23.8 Å². The summed E-state index contributed by atoms with van der Waals surface area (Å²) in [6, 6.07) is 15.8. The second kappa shape index (κ2) is 10.9. The molecule has 1 heterocycles. The molecular formula is C21H28ClN3O3. The molecule has 0 saturated carbocycles. The van der Waals surface area contributed by atoms with Gasteiger partial charge in [0.15, 0.2) is 0 Å². The molecule has 0 radical (unpaired) electrons. The number of amides is 1. The van der Waals surface area contributed by atoms with E-state index in [0.29, 0.717) is 13.1 Å². The second-order valence-electron chi connectivity index (χ2n) is 6.56. The van der Waals surface area contributed by atoms with Crippen LogP contribution >= 0.6 is 12.4 Å². The Kier molecular flexibility index (Phi) is 8.57. The highest BCUT2D eigenvalue weighted by molar-refractivity contribution is 5.85. The molecule has 2 aromatic rings. The summed E-state index contributed by atoms with van der Waals surface area (Å²) < 4.78 is 10.7. The van der Waals surface area contributed by atoms with Crippen LogP contribution in [0.1, 0.15) is 17.2 Å². The van der Waals surface area contributed by atoms with E-state index in [2.05, 4.69) is 21.6 Å². The fraction of sp³-hybridized carbons (Fsp3) is 0.381. The number of para-hydroxylation sites is 1. The molecule has 0 spiro atoms. The Morgan fingerprint density at radius 2 is 1.89 bits per heavy atom.